The topological polar surface area (TPSA) is 41.1 Å². The molecule has 0 saturated carbocycles. The highest BCUT2D eigenvalue weighted by molar-refractivity contribution is 5.73. The molecule has 21 heavy (non-hydrogen) atoms. The van der Waals surface area contributed by atoms with Crippen molar-refractivity contribution in [3.8, 4) is 0 Å². The molecule has 2 aliphatic heterocycles. The van der Waals surface area contributed by atoms with Crippen LogP contribution >= 0.6 is 0 Å². The second-order valence-corrected chi connectivity index (χ2v) is 6.23. The quantitative estimate of drug-likeness (QED) is 0.938. The SMILES string of the molecule is c1ccc2nc(CNC3CCN4CCCCC34)cnc2c1. The zero-order valence-electron chi connectivity index (χ0n) is 12.3. The maximum atomic E-state index is 4.70. The summed E-state index contributed by atoms with van der Waals surface area (Å²) in [6, 6.07) is 9.43. The van der Waals surface area contributed by atoms with Gasteiger partial charge in [-0.15, -0.1) is 0 Å². The third kappa shape index (κ3) is 2.65. The Morgan fingerprint density at radius 1 is 1.10 bits per heavy atom. The molecule has 110 valence electrons. The second kappa shape index (κ2) is 5.70. The fraction of sp³-hybridized carbons (Fsp3) is 0.529. The minimum atomic E-state index is 0.624. The second-order valence-electron chi connectivity index (χ2n) is 6.23. The van der Waals surface area contributed by atoms with Crippen molar-refractivity contribution in [1.29, 1.82) is 0 Å². The lowest BCUT2D eigenvalue weighted by atomic mass is 9.99. The summed E-state index contributed by atoms with van der Waals surface area (Å²) in [6.07, 6.45) is 7.28. The van der Waals surface area contributed by atoms with Crippen molar-refractivity contribution in [2.24, 2.45) is 0 Å². The van der Waals surface area contributed by atoms with E-state index in [2.05, 4.69) is 15.2 Å². The van der Waals surface area contributed by atoms with Crippen molar-refractivity contribution in [3.05, 3.63) is 36.2 Å². The smallest absolute Gasteiger partial charge is 0.0890 e. The Balaban J connectivity index is 1.43. The van der Waals surface area contributed by atoms with E-state index in [1.54, 1.807) is 0 Å². The zero-order chi connectivity index (χ0) is 14.1. The maximum absolute atomic E-state index is 4.70. The Morgan fingerprint density at radius 3 is 2.95 bits per heavy atom. The zero-order valence-corrected chi connectivity index (χ0v) is 12.3. The molecule has 4 heteroatoms. The van der Waals surface area contributed by atoms with E-state index >= 15 is 0 Å². The Hall–Kier alpha value is -1.52. The molecule has 0 bridgehead atoms. The van der Waals surface area contributed by atoms with Crippen molar-refractivity contribution in [2.45, 2.75) is 44.3 Å². The predicted octanol–water partition coefficient (Wildman–Crippen LogP) is 2.35. The fourth-order valence-corrected chi connectivity index (χ4v) is 3.80. The number of nitrogens with one attached hydrogen (secondary N) is 1. The molecule has 0 aliphatic carbocycles. The van der Waals surface area contributed by atoms with E-state index < -0.39 is 0 Å². The molecule has 2 fully saturated rings. The number of aromatic nitrogens is 2. The standard InChI is InChI=1S/C17H22N4/c1-2-6-15-14(5-1)18-11-13(20-15)12-19-16-8-10-21-9-4-3-7-17(16)21/h1-2,5-6,11,16-17,19H,3-4,7-10,12H2. The Kier molecular flexibility index (Phi) is 3.57. The summed E-state index contributed by atoms with van der Waals surface area (Å²) >= 11 is 0. The maximum Gasteiger partial charge on any atom is 0.0890 e. The van der Waals surface area contributed by atoms with Gasteiger partial charge in [0.25, 0.3) is 0 Å². The number of para-hydroxylation sites is 2. The van der Waals surface area contributed by atoms with Crippen LogP contribution in [-0.2, 0) is 6.54 Å². The van der Waals surface area contributed by atoms with E-state index in [4.69, 9.17) is 4.98 Å². The highest BCUT2D eigenvalue weighted by Gasteiger charge is 2.34. The number of nitrogens with zero attached hydrogens (tertiary/aromatic N) is 3. The molecule has 1 aromatic heterocycles. The van der Waals surface area contributed by atoms with Crippen LogP contribution in [0.5, 0.6) is 0 Å². The molecule has 4 rings (SSSR count). The number of fused-ring (bicyclic) bond motifs is 2. The van der Waals surface area contributed by atoms with Gasteiger partial charge in [-0.2, -0.15) is 0 Å². The Bertz CT molecular complexity index is 627. The van der Waals surface area contributed by atoms with Gasteiger partial charge in [0, 0.05) is 25.2 Å². The molecule has 2 atom stereocenters. The molecule has 0 radical (unpaired) electrons. The average Bonchev–Trinajstić information content (AvgIpc) is 2.96. The number of hydrogen-bond donors (Lipinski definition) is 1. The van der Waals surface area contributed by atoms with Crippen LogP contribution in [0.2, 0.25) is 0 Å². The Morgan fingerprint density at radius 2 is 2.00 bits per heavy atom. The molecule has 2 aliphatic rings. The van der Waals surface area contributed by atoms with Gasteiger partial charge < -0.3 is 5.32 Å². The first-order valence-corrected chi connectivity index (χ1v) is 8.08. The molecular weight excluding hydrogens is 260 g/mol. The lowest BCUT2D eigenvalue weighted by Gasteiger charge is -2.32. The summed E-state index contributed by atoms with van der Waals surface area (Å²) < 4.78 is 0. The van der Waals surface area contributed by atoms with Crippen LogP contribution in [0.3, 0.4) is 0 Å². The molecule has 2 unspecified atom stereocenters. The number of rotatable bonds is 3. The van der Waals surface area contributed by atoms with Gasteiger partial charge in [0.05, 0.1) is 22.9 Å². The van der Waals surface area contributed by atoms with Gasteiger partial charge in [-0.1, -0.05) is 18.6 Å². The number of benzene rings is 1. The Labute approximate surface area is 125 Å². The van der Waals surface area contributed by atoms with Crippen LogP contribution in [0, 0.1) is 0 Å². The summed E-state index contributed by atoms with van der Waals surface area (Å²) in [5, 5.41) is 3.72. The van der Waals surface area contributed by atoms with E-state index in [1.807, 2.05) is 30.5 Å². The minimum Gasteiger partial charge on any atom is -0.307 e. The third-order valence-corrected chi connectivity index (χ3v) is 4.90. The van der Waals surface area contributed by atoms with Crippen LogP contribution in [-0.4, -0.2) is 40.0 Å². The number of hydrogen-bond acceptors (Lipinski definition) is 4. The average molecular weight is 282 g/mol. The molecule has 2 aromatic rings. The summed E-state index contributed by atoms with van der Waals surface area (Å²) in [4.78, 5) is 11.9. The van der Waals surface area contributed by atoms with Gasteiger partial charge in [0.15, 0.2) is 0 Å². The van der Waals surface area contributed by atoms with Crippen molar-refractivity contribution in [1.82, 2.24) is 20.2 Å². The molecule has 0 spiro atoms. The van der Waals surface area contributed by atoms with Gasteiger partial charge in [0.1, 0.15) is 0 Å². The first-order valence-electron chi connectivity index (χ1n) is 8.08. The number of piperidine rings is 1. The van der Waals surface area contributed by atoms with E-state index in [0.29, 0.717) is 6.04 Å². The monoisotopic (exact) mass is 282 g/mol. The van der Waals surface area contributed by atoms with E-state index in [9.17, 15) is 0 Å². The summed E-state index contributed by atoms with van der Waals surface area (Å²) in [5.41, 5.74) is 3.01. The van der Waals surface area contributed by atoms with Crippen molar-refractivity contribution in [3.63, 3.8) is 0 Å². The van der Waals surface area contributed by atoms with Gasteiger partial charge in [-0.05, 0) is 37.9 Å². The van der Waals surface area contributed by atoms with Gasteiger partial charge in [-0.25, -0.2) is 4.98 Å². The van der Waals surface area contributed by atoms with Crippen molar-refractivity contribution < 1.29 is 0 Å². The first-order chi connectivity index (χ1) is 10.4. The highest BCUT2D eigenvalue weighted by Crippen LogP contribution is 2.27. The molecule has 3 heterocycles. The minimum absolute atomic E-state index is 0.624. The first kappa shape index (κ1) is 13.2. The van der Waals surface area contributed by atoms with E-state index in [-0.39, 0.29) is 0 Å². The lowest BCUT2D eigenvalue weighted by Crippen LogP contribution is -2.44. The third-order valence-electron chi connectivity index (χ3n) is 4.90. The molecule has 0 amide bonds. The van der Waals surface area contributed by atoms with Crippen LogP contribution in [0.25, 0.3) is 11.0 Å². The highest BCUT2D eigenvalue weighted by atomic mass is 15.2. The molecule has 1 aromatic carbocycles. The summed E-state index contributed by atoms with van der Waals surface area (Å²) in [5.74, 6) is 0. The van der Waals surface area contributed by atoms with Gasteiger partial charge in [-0.3, -0.25) is 9.88 Å². The normalized spacial score (nSPS) is 26.1. The van der Waals surface area contributed by atoms with Crippen LogP contribution in [0.1, 0.15) is 31.4 Å². The van der Waals surface area contributed by atoms with Crippen LogP contribution in [0.15, 0.2) is 30.5 Å². The summed E-state index contributed by atoms with van der Waals surface area (Å²) in [7, 11) is 0. The van der Waals surface area contributed by atoms with E-state index in [0.717, 1.165) is 29.3 Å². The largest absolute Gasteiger partial charge is 0.307 e. The lowest BCUT2D eigenvalue weighted by molar-refractivity contribution is 0.180. The molecule has 4 nitrogen and oxygen atoms in total. The van der Waals surface area contributed by atoms with Crippen molar-refractivity contribution >= 4 is 11.0 Å². The van der Waals surface area contributed by atoms with Crippen LogP contribution < -0.4 is 5.32 Å². The molecular formula is C17H22N4. The molecule has 1 N–H and O–H groups in total. The van der Waals surface area contributed by atoms with Gasteiger partial charge in [0.2, 0.25) is 0 Å². The van der Waals surface area contributed by atoms with E-state index in [1.165, 1.54) is 38.8 Å². The van der Waals surface area contributed by atoms with Gasteiger partial charge >= 0.3 is 0 Å². The summed E-state index contributed by atoms with van der Waals surface area (Å²) in [6.45, 7) is 3.37. The predicted molar refractivity (Wildman–Crippen MR) is 84.0 cm³/mol. The van der Waals surface area contributed by atoms with Crippen molar-refractivity contribution in [2.75, 3.05) is 13.1 Å². The fourth-order valence-electron chi connectivity index (χ4n) is 3.80. The van der Waals surface area contributed by atoms with Crippen LogP contribution in [0.4, 0.5) is 0 Å². The molecule has 2 saturated heterocycles.